The molecule has 0 bridgehead atoms. The number of esters is 1. The minimum Gasteiger partial charge on any atom is -0.456 e. The van der Waals surface area contributed by atoms with Crippen molar-refractivity contribution in [2.45, 2.75) is 58.3 Å². The van der Waals surface area contributed by atoms with E-state index in [9.17, 15) is 15.0 Å². The van der Waals surface area contributed by atoms with E-state index in [1.54, 1.807) is 20.8 Å². The highest BCUT2D eigenvalue weighted by atomic mass is 16.6. The van der Waals surface area contributed by atoms with Gasteiger partial charge in [0.1, 0.15) is 5.60 Å². The minimum absolute atomic E-state index is 0.175. The Morgan fingerprint density at radius 1 is 1.56 bits per heavy atom. The molecular formula is C12H22O4. The van der Waals surface area contributed by atoms with Gasteiger partial charge < -0.3 is 14.9 Å². The number of aliphatic hydroxyl groups excluding tert-OH is 2. The van der Waals surface area contributed by atoms with Crippen LogP contribution in [0.4, 0.5) is 0 Å². The normalized spacial score (nSPS) is 35.6. The van der Waals surface area contributed by atoms with E-state index in [0.29, 0.717) is 12.8 Å². The third-order valence-corrected chi connectivity index (χ3v) is 3.60. The zero-order chi connectivity index (χ0) is 12.5. The summed E-state index contributed by atoms with van der Waals surface area (Å²) >= 11 is 0. The molecule has 1 aliphatic heterocycles. The van der Waals surface area contributed by atoms with Gasteiger partial charge in [-0.25, -0.2) is 0 Å². The highest BCUT2D eigenvalue weighted by Gasteiger charge is 2.48. The SMILES string of the molecule is CCC(O)C(C)C(O)[C@@]1(C)C[C@@H](C)C(=O)O1. The lowest BCUT2D eigenvalue weighted by Gasteiger charge is -2.34. The molecule has 0 aliphatic carbocycles. The Hall–Kier alpha value is -0.610. The molecule has 0 aromatic carbocycles. The molecule has 0 spiro atoms. The van der Waals surface area contributed by atoms with Crippen LogP contribution in [0.2, 0.25) is 0 Å². The maximum atomic E-state index is 11.4. The molecule has 0 amide bonds. The number of aliphatic hydroxyl groups is 2. The zero-order valence-corrected chi connectivity index (χ0v) is 10.4. The van der Waals surface area contributed by atoms with Gasteiger partial charge in [0, 0.05) is 12.3 Å². The molecule has 4 nitrogen and oxygen atoms in total. The minimum atomic E-state index is -0.855. The number of hydrogen-bond acceptors (Lipinski definition) is 4. The Morgan fingerprint density at radius 2 is 2.12 bits per heavy atom. The predicted molar refractivity (Wildman–Crippen MR) is 59.7 cm³/mol. The van der Waals surface area contributed by atoms with Crippen LogP contribution in [-0.4, -0.2) is 34.0 Å². The van der Waals surface area contributed by atoms with Crippen molar-refractivity contribution in [1.82, 2.24) is 0 Å². The highest BCUT2D eigenvalue weighted by molar-refractivity contribution is 5.74. The van der Waals surface area contributed by atoms with Crippen molar-refractivity contribution in [2.75, 3.05) is 0 Å². The molecule has 5 atom stereocenters. The van der Waals surface area contributed by atoms with Gasteiger partial charge in [-0.1, -0.05) is 20.8 Å². The van der Waals surface area contributed by atoms with E-state index in [2.05, 4.69) is 0 Å². The standard InChI is InChI=1S/C12H22O4/c1-5-9(13)8(3)10(14)12(4)6-7(2)11(15)16-12/h7-10,13-14H,5-6H2,1-4H3/t7-,8?,9?,10?,12-/m1/s1. The van der Waals surface area contributed by atoms with Crippen LogP contribution in [0.15, 0.2) is 0 Å². The van der Waals surface area contributed by atoms with E-state index >= 15 is 0 Å². The number of ether oxygens (including phenoxy) is 1. The first-order valence-electron chi connectivity index (χ1n) is 5.90. The summed E-state index contributed by atoms with van der Waals surface area (Å²) in [6, 6.07) is 0. The van der Waals surface area contributed by atoms with Crippen LogP contribution in [0.25, 0.3) is 0 Å². The van der Waals surface area contributed by atoms with Crippen LogP contribution in [0.5, 0.6) is 0 Å². The van der Waals surface area contributed by atoms with Crippen molar-refractivity contribution < 1.29 is 19.7 Å². The van der Waals surface area contributed by atoms with Gasteiger partial charge in [0.2, 0.25) is 0 Å². The highest BCUT2D eigenvalue weighted by Crippen LogP contribution is 2.36. The fourth-order valence-corrected chi connectivity index (χ4v) is 2.38. The third kappa shape index (κ3) is 2.38. The summed E-state index contributed by atoms with van der Waals surface area (Å²) in [6.07, 6.45) is -0.302. The van der Waals surface area contributed by atoms with Crippen LogP contribution in [-0.2, 0) is 9.53 Å². The maximum Gasteiger partial charge on any atom is 0.309 e. The molecule has 16 heavy (non-hydrogen) atoms. The van der Waals surface area contributed by atoms with Crippen LogP contribution >= 0.6 is 0 Å². The van der Waals surface area contributed by atoms with Gasteiger partial charge in [0.05, 0.1) is 18.1 Å². The average Bonchev–Trinajstić information content (AvgIpc) is 2.50. The van der Waals surface area contributed by atoms with Crippen molar-refractivity contribution in [3.8, 4) is 0 Å². The van der Waals surface area contributed by atoms with Crippen molar-refractivity contribution in [3.63, 3.8) is 0 Å². The molecule has 2 N–H and O–H groups in total. The molecule has 1 aliphatic rings. The van der Waals surface area contributed by atoms with Gasteiger partial charge >= 0.3 is 5.97 Å². The predicted octanol–water partition coefficient (Wildman–Crippen LogP) is 1.10. The second-order valence-electron chi connectivity index (χ2n) is 5.12. The van der Waals surface area contributed by atoms with E-state index in [4.69, 9.17) is 4.74 Å². The summed E-state index contributed by atoms with van der Waals surface area (Å²) in [7, 11) is 0. The Balaban J connectivity index is 2.73. The molecule has 0 aromatic rings. The molecule has 94 valence electrons. The van der Waals surface area contributed by atoms with E-state index in [1.807, 2.05) is 6.92 Å². The summed E-state index contributed by atoms with van der Waals surface area (Å²) in [6.45, 7) is 7.17. The lowest BCUT2D eigenvalue weighted by molar-refractivity contribution is -0.164. The maximum absolute atomic E-state index is 11.4. The van der Waals surface area contributed by atoms with Crippen molar-refractivity contribution in [2.24, 2.45) is 11.8 Å². The lowest BCUT2D eigenvalue weighted by atomic mass is 9.82. The number of cyclic esters (lactones) is 1. The molecule has 1 heterocycles. The third-order valence-electron chi connectivity index (χ3n) is 3.60. The quantitative estimate of drug-likeness (QED) is 0.710. The first kappa shape index (κ1) is 13.5. The monoisotopic (exact) mass is 230 g/mol. The second-order valence-corrected chi connectivity index (χ2v) is 5.12. The number of hydrogen-bond donors (Lipinski definition) is 2. The average molecular weight is 230 g/mol. The molecule has 1 saturated heterocycles. The largest absolute Gasteiger partial charge is 0.456 e. The summed E-state index contributed by atoms with van der Waals surface area (Å²) in [5.74, 6) is -0.738. The molecule has 4 heteroatoms. The van der Waals surface area contributed by atoms with Crippen molar-refractivity contribution in [1.29, 1.82) is 0 Å². The summed E-state index contributed by atoms with van der Waals surface area (Å²) in [4.78, 5) is 11.4. The summed E-state index contributed by atoms with van der Waals surface area (Å²) in [5.41, 5.74) is -0.855. The molecule has 0 aromatic heterocycles. The molecular weight excluding hydrogens is 208 g/mol. The summed E-state index contributed by atoms with van der Waals surface area (Å²) in [5, 5.41) is 19.9. The van der Waals surface area contributed by atoms with Gasteiger partial charge in [-0.05, 0) is 13.3 Å². The van der Waals surface area contributed by atoms with Crippen molar-refractivity contribution in [3.05, 3.63) is 0 Å². The van der Waals surface area contributed by atoms with Gasteiger partial charge in [-0.15, -0.1) is 0 Å². The second kappa shape index (κ2) is 4.72. The molecule has 0 saturated carbocycles. The van der Waals surface area contributed by atoms with Crippen LogP contribution in [0.1, 0.15) is 40.5 Å². The molecule has 0 radical (unpaired) electrons. The first-order chi connectivity index (χ1) is 7.31. The van der Waals surface area contributed by atoms with Crippen LogP contribution in [0, 0.1) is 11.8 Å². The van der Waals surface area contributed by atoms with Gasteiger partial charge in [-0.2, -0.15) is 0 Å². The first-order valence-corrected chi connectivity index (χ1v) is 5.90. The van der Waals surface area contributed by atoms with Gasteiger partial charge in [0.25, 0.3) is 0 Å². The summed E-state index contributed by atoms with van der Waals surface area (Å²) < 4.78 is 5.24. The van der Waals surface area contributed by atoms with E-state index in [-0.39, 0.29) is 17.8 Å². The molecule has 1 rings (SSSR count). The van der Waals surface area contributed by atoms with Gasteiger partial charge in [-0.3, -0.25) is 4.79 Å². The molecule has 1 fully saturated rings. The van der Waals surface area contributed by atoms with E-state index in [0.717, 1.165) is 0 Å². The number of rotatable bonds is 4. The smallest absolute Gasteiger partial charge is 0.309 e. The van der Waals surface area contributed by atoms with Gasteiger partial charge in [0.15, 0.2) is 0 Å². The lowest BCUT2D eigenvalue weighted by Crippen LogP contribution is -2.46. The Labute approximate surface area is 96.6 Å². The van der Waals surface area contributed by atoms with E-state index in [1.165, 1.54) is 0 Å². The van der Waals surface area contributed by atoms with Crippen molar-refractivity contribution >= 4 is 5.97 Å². The van der Waals surface area contributed by atoms with Crippen LogP contribution < -0.4 is 0 Å². The van der Waals surface area contributed by atoms with Crippen LogP contribution in [0.3, 0.4) is 0 Å². The fourth-order valence-electron chi connectivity index (χ4n) is 2.38. The number of carbonyl (C=O) groups is 1. The Morgan fingerprint density at radius 3 is 2.50 bits per heavy atom. The Kier molecular flexibility index (Phi) is 3.97. The zero-order valence-electron chi connectivity index (χ0n) is 10.4. The topological polar surface area (TPSA) is 66.8 Å². The Bertz CT molecular complexity index is 266. The number of carbonyl (C=O) groups excluding carboxylic acids is 1. The van der Waals surface area contributed by atoms with E-state index < -0.39 is 17.8 Å². The molecule has 3 unspecified atom stereocenters. The fraction of sp³-hybridized carbons (Fsp3) is 0.917.